The van der Waals surface area contributed by atoms with Gasteiger partial charge in [-0.05, 0) is 46.6 Å². The predicted molar refractivity (Wildman–Crippen MR) is 104 cm³/mol. The number of hydrogen-bond acceptors (Lipinski definition) is 3. The number of carbonyl (C=O) groups is 1. The zero-order valence-corrected chi connectivity index (χ0v) is 15.4. The zero-order chi connectivity index (χ0) is 17.6. The molecular formula is C20H18BrN3O. The summed E-state index contributed by atoms with van der Waals surface area (Å²) in [6.07, 6.45) is 3.26. The molecule has 0 bridgehead atoms. The van der Waals surface area contributed by atoms with E-state index in [0.29, 0.717) is 12.1 Å². The number of rotatable bonds is 5. The standard InChI is InChI=1S/C20H18BrN3O/c1-14-5-4-6-15(9-14)11-23-20(25)16-10-17(13-22-12-16)24-19-8-3-2-7-18(19)21/h2-10,12-13,24H,11H2,1H3,(H,23,25). The number of hydrogen-bond donors (Lipinski definition) is 2. The summed E-state index contributed by atoms with van der Waals surface area (Å²) in [6.45, 7) is 2.52. The van der Waals surface area contributed by atoms with Gasteiger partial charge in [-0.1, -0.05) is 42.0 Å². The minimum absolute atomic E-state index is 0.148. The molecule has 3 aromatic rings. The van der Waals surface area contributed by atoms with Gasteiger partial charge in [0.15, 0.2) is 0 Å². The van der Waals surface area contributed by atoms with Crippen LogP contribution < -0.4 is 10.6 Å². The monoisotopic (exact) mass is 395 g/mol. The number of para-hydroxylation sites is 1. The highest BCUT2D eigenvalue weighted by atomic mass is 79.9. The number of benzene rings is 2. The Balaban J connectivity index is 1.68. The second kappa shape index (κ2) is 7.94. The number of nitrogens with one attached hydrogen (secondary N) is 2. The molecule has 0 spiro atoms. The fourth-order valence-corrected chi connectivity index (χ4v) is 2.84. The van der Waals surface area contributed by atoms with Gasteiger partial charge in [0.2, 0.25) is 0 Å². The molecule has 2 N–H and O–H groups in total. The molecule has 0 aliphatic rings. The molecule has 0 fully saturated rings. The number of halogens is 1. The molecule has 0 aliphatic heterocycles. The largest absolute Gasteiger partial charge is 0.353 e. The van der Waals surface area contributed by atoms with Crippen LogP contribution in [0.1, 0.15) is 21.5 Å². The number of anilines is 2. The van der Waals surface area contributed by atoms with E-state index >= 15 is 0 Å². The molecule has 0 saturated carbocycles. The van der Waals surface area contributed by atoms with Gasteiger partial charge in [0, 0.05) is 17.2 Å². The third-order valence-corrected chi connectivity index (χ3v) is 4.38. The summed E-state index contributed by atoms with van der Waals surface area (Å²) < 4.78 is 0.948. The van der Waals surface area contributed by atoms with Crippen molar-refractivity contribution in [3.63, 3.8) is 0 Å². The van der Waals surface area contributed by atoms with Crippen molar-refractivity contribution in [2.24, 2.45) is 0 Å². The highest BCUT2D eigenvalue weighted by molar-refractivity contribution is 9.10. The van der Waals surface area contributed by atoms with Crippen LogP contribution in [-0.2, 0) is 6.54 Å². The third kappa shape index (κ3) is 4.67. The van der Waals surface area contributed by atoms with E-state index in [2.05, 4.69) is 37.6 Å². The Labute approximate surface area is 155 Å². The van der Waals surface area contributed by atoms with Crippen molar-refractivity contribution >= 4 is 33.2 Å². The van der Waals surface area contributed by atoms with Crippen LogP contribution in [-0.4, -0.2) is 10.9 Å². The zero-order valence-electron chi connectivity index (χ0n) is 13.8. The first-order chi connectivity index (χ1) is 12.1. The molecule has 1 amide bonds. The number of carbonyl (C=O) groups excluding carboxylic acids is 1. The van der Waals surface area contributed by atoms with Crippen molar-refractivity contribution in [1.82, 2.24) is 10.3 Å². The Morgan fingerprint density at radius 3 is 2.72 bits per heavy atom. The summed E-state index contributed by atoms with van der Waals surface area (Å²) in [5.74, 6) is -0.148. The van der Waals surface area contributed by atoms with Crippen LogP contribution in [0.15, 0.2) is 71.5 Å². The van der Waals surface area contributed by atoms with Gasteiger partial charge in [-0.2, -0.15) is 0 Å². The van der Waals surface area contributed by atoms with E-state index in [1.54, 1.807) is 18.5 Å². The van der Waals surface area contributed by atoms with Crippen LogP contribution in [0.2, 0.25) is 0 Å². The van der Waals surface area contributed by atoms with Crippen LogP contribution in [0, 0.1) is 6.92 Å². The normalized spacial score (nSPS) is 10.3. The lowest BCUT2D eigenvalue weighted by Crippen LogP contribution is -2.23. The molecule has 3 rings (SSSR count). The Kier molecular flexibility index (Phi) is 5.46. The van der Waals surface area contributed by atoms with E-state index in [1.807, 2.05) is 49.4 Å². The molecule has 0 unspecified atom stereocenters. The molecule has 0 saturated heterocycles. The lowest BCUT2D eigenvalue weighted by molar-refractivity contribution is 0.0950. The van der Waals surface area contributed by atoms with Crippen molar-refractivity contribution in [3.05, 3.63) is 88.2 Å². The topological polar surface area (TPSA) is 54.0 Å². The maximum atomic E-state index is 12.4. The highest BCUT2D eigenvalue weighted by Crippen LogP contribution is 2.25. The quantitative estimate of drug-likeness (QED) is 0.650. The summed E-state index contributed by atoms with van der Waals surface area (Å²) in [7, 11) is 0. The Morgan fingerprint density at radius 1 is 1.08 bits per heavy atom. The molecular weight excluding hydrogens is 378 g/mol. The fourth-order valence-electron chi connectivity index (χ4n) is 2.46. The number of pyridine rings is 1. The van der Waals surface area contributed by atoms with Crippen LogP contribution in [0.4, 0.5) is 11.4 Å². The molecule has 0 atom stereocenters. The summed E-state index contributed by atoms with van der Waals surface area (Å²) in [5, 5.41) is 6.19. The van der Waals surface area contributed by atoms with Gasteiger partial charge < -0.3 is 10.6 Å². The van der Waals surface area contributed by atoms with Gasteiger partial charge in [-0.3, -0.25) is 9.78 Å². The Morgan fingerprint density at radius 2 is 1.92 bits per heavy atom. The van der Waals surface area contributed by atoms with E-state index in [0.717, 1.165) is 21.4 Å². The molecule has 0 radical (unpaired) electrons. The van der Waals surface area contributed by atoms with E-state index in [4.69, 9.17) is 0 Å². The maximum absolute atomic E-state index is 12.4. The Hall–Kier alpha value is -2.66. The second-order valence-corrected chi connectivity index (χ2v) is 6.59. The molecule has 2 aromatic carbocycles. The average molecular weight is 396 g/mol. The van der Waals surface area contributed by atoms with E-state index in [-0.39, 0.29) is 5.91 Å². The number of nitrogens with zero attached hydrogens (tertiary/aromatic N) is 1. The minimum Gasteiger partial charge on any atom is -0.353 e. The lowest BCUT2D eigenvalue weighted by atomic mass is 10.1. The van der Waals surface area contributed by atoms with Crippen molar-refractivity contribution in [2.75, 3.05) is 5.32 Å². The van der Waals surface area contributed by atoms with Crippen LogP contribution >= 0.6 is 15.9 Å². The van der Waals surface area contributed by atoms with Gasteiger partial charge in [-0.15, -0.1) is 0 Å². The van der Waals surface area contributed by atoms with Gasteiger partial charge in [0.25, 0.3) is 5.91 Å². The maximum Gasteiger partial charge on any atom is 0.253 e. The number of aromatic nitrogens is 1. The average Bonchev–Trinajstić information content (AvgIpc) is 2.62. The van der Waals surface area contributed by atoms with Gasteiger partial charge in [0.05, 0.1) is 23.1 Å². The molecule has 0 aliphatic carbocycles. The highest BCUT2D eigenvalue weighted by Gasteiger charge is 2.08. The molecule has 1 heterocycles. The van der Waals surface area contributed by atoms with Gasteiger partial charge in [0.1, 0.15) is 0 Å². The summed E-state index contributed by atoms with van der Waals surface area (Å²) in [6, 6.07) is 17.7. The summed E-state index contributed by atoms with van der Waals surface area (Å²) >= 11 is 3.50. The fraction of sp³-hybridized carbons (Fsp3) is 0.100. The predicted octanol–water partition coefficient (Wildman–Crippen LogP) is 4.83. The summed E-state index contributed by atoms with van der Waals surface area (Å²) in [4.78, 5) is 16.5. The molecule has 1 aromatic heterocycles. The molecule has 5 heteroatoms. The van der Waals surface area contributed by atoms with Gasteiger partial charge in [-0.25, -0.2) is 0 Å². The molecule has 4 nitrogen and oxygen atoms in total. The third-order valence-electron chi connectivity index (χ3n) is 3.69. The van der Waals surface area contributed by atoms with E-state index in [1.165, 1.54) is 5.56 Å². The number of amides is 1. The Bertz CT molecular complexity index is 895. The van der Waals surface area contributed by atoms with Crippen LogP contribution in [0.5, 0.6) is 0 Å². The van der Waals surface area contributed by atoms with Crippen molar-refractivity contribution in [3.8, 4) is 0 Å². The first-order valence-electron chi connectivity index (χ1n) is 7.92. The van der Waals surface area contributed by atoms with Crippen molar-refractivity contribution < 1.29 is 4.79 Å². The minimum atomic E-state index is -0.148. The van der Waals surface area contributed by atoms with Crippen LogP contribution in [0.25, 0.3) is 0 Å². The summed E-state index contributed by atoms with van der Waals surface area (Å²) in [5.41, 5.74) is 4.44. The SMILES string of the molecule is Cc1cccc(CNC(=O)c2cncc(Nc3ccccc3Br)c2)c1. The molecule has 25 heavy (non-hydrogen) atoms. The van der Waals surface area contributed by atoms with Crippen molar-refractivity contribution in [1.29, 1.82) is 0 Å². The smallest absolute Gasteiger partial charge is 0.253 e. The first kappa shape index (κ1) is 17.2. The van der Waals surface area contributed by atoms with E-state index < -0.39 is 0 Å². The number of aryl methyl sites for hydroxylation is 1. The van der Waals surface area contributed by atoms with Crippen molar-refractivity contribution in [2.45, 2.75) is 13.5 Å². The lowest BCUT2D eigenvalue weighted by Gasteiger charge is -2.10. The first-order valence-corrected chi connectivity index (χ1v) is 8.71. The van der Waals surface area contributed by atoms with E-state index in [9.17, 15) is 4.79 Å². The van der Waals surface area contributed by atoms with Gasteiger partial charge >= 0.3 is 0 Å². The second-order valence-electron chi connectivity index (χ2n) is 5.74. The van der Waals surface area contributed by atoms with Crippen LogP contribution in [0.3, 0.4) is 0 Å². The molecule has 126 valence electrons.